The lowest BCUT2D eigenvalue weighted by Crippen LogP contribution is -2.33. The van der Waals surface area contributed by atoms with E-state index in [9.17, 15) is 0 Å². The molecule has 11 aromatic rings. The third-order valence-electron chi connectivity index (χ3n) is 13.6. The van der Waals surface area contributed by atoms with Crippen LogP contribution in [0.15, 0.2) is 243 Å². The summed E-state index contributed by atoms with van der Waals surface area (Å²) in [6.45, 7) is 0. The Morgan fingerprint density at radius 1 is 0.317 bits per heavy atom. The molecule has 294 valence electrons. The summed E-state index contributed by atoms with van der Waals surface area (Å²) in [5, 5.41) is 2.55. The van der Waals surface area contributed by atoms with E-state index in [1.165, 1.54) is 83.1 Å². The standard InChI is InChI=1S/C61H40N2/c1-3-20-41(21-4-1)44-24-7-8-26-46(44)49-29-12-17-36-57(49)62(56-35-16-11-25-45(56)42-22-5-2-6-23-42)43-38-39-59-55(40-43)61(52-32-14-9-27-47(52)48-28-10-15-33-53(48)61)54-34-19-31-51-50-30-13-18-37-58(50)63(59)60(51)54/h1-40H. The summed E-state index contributed by atoms with van der Waals surface area (Å²) in [5.74, 6) is 0. The lowest BCUT2D eigenvalue weighted by Gasteiger charge is -2.40. The highest BCUT2D eigenvalue weighted by Crippen LogP contribution is 2.62. The Bertz CT molecular complexity index is 3530. The van der Waals surface area contributed by atoms with E-state index in [1.807, 2.05) is 0 Å². The molecule has 0 saturated carbocycles. The average molecular weight is 801 g/mol. The molecule has 1 aliphatic carbocycles. The molecule has 0 atom stereocenters. The van der Waals surface area contributed by atoms with Gasteiger partial charge >= 0.3 is 0 Å². The van der Waals surface area contributed by atoms with Gasteiger partial charge in [0.05, 0.1) is 33.5 Å². The lowest BCUT2D eigenvalue weighted by molar-refractivity contribution is 0.748. The number of para-hydroxylation sites is 4. The molecule has 2 heteroatoms. The number of nitrogens with zero attached hydrogens (tertiary/aromatic N) is 2. The van der Waals surface area contributed by atoms with Crippen LogP contribution in [0.25, 0.3) is 72.0 Å². The zero-order valence-corrected chi connectivity index (χ0v) is 34.5. The van der Waals surface area contributed by atoms with Gasteiger partial charge in [0.25, 0.3) is 0 Å². The third-order valence-corrected chi connectivity index (χ3v) is 13.6. The molecular formula is C61H40N2. The van der Waals surface area contributed by atoms with Crippen molar-refractivity contribution in [2.24, 2.45) is 0 Å². The second kappa shape index (κ2) is 13.9. The highest BCUT2D eigenvalue weighted by molar-refractivity contribution is 6.13. The lowest BCUT2D eigenvalue weighted by atomic mass is 9.65. The van der Waals surface area contributed by atoms with Crippen LogP contribution in [0.4, 0.5) is 17.1 Å². The number of benzene rings is 10. The minimum Gasteiger partial charge on any atom is -0.309 e. The van der Waals surface area contributed by atoms with Gasteiger partial charge in [-0.15, -0.1) is 0 Å². The molecule has 1 aliphatic heterocycles. The number of hydrogen-bond donors (Lipinski definition) is 0. The number of aromatic nitrogens is 1. The summed E-state index contributed by atoms with van der Waals surface area (Å²) in [6, 6.07) is 89.7. The molecule has 2 heterocycles. The fourth-order valence-corrected chi connectivity index (χ4v) is 11.1. The van der Waals surface area contributed by atoms with Crippen LogP contribution >= 0.6 is 0 Å². The highest BCUT2D eigenvalue weighted by Gasteiger charge is 2.51. The summed E-state index contributed by atoms with van der Waals surface area (Å²) in [6.07, 6.45) is 0. The van der Waals surface area contributed by atoms with Crippen LogP contribution in [0.3, 0.4) is 0 Å². The molecule has 0 amide bonds. The van der Waals surface area contributed by atoms with Gasteiger partial charge in [-0.3, -0.25) is 0 Å². The van der Waals surface area contributed by atoms with Gasteiger partial charge in [-0.25, -0.2) is 0 Å². The number of anilines is 3. The molecule has 13 rings (SSSR count). The predicted molar refractivity (Wildman–Crippen MR) is 263 cm³/mol. The molecule has 0 unspecified atom stereocenters. The van der Waals surface area contributed by atoms with Gasteiger partial charge < -0.3 is 9.47 Å². The van der Waals surface area contributed by atoms with E-state index in [-0.39, 0.29) is 0 Å². The van der Waals surface area contributed by atoms with E-state index in [0.717, 1.165) is 28.2 Å². The maximum Gasteiger partial charge on any atom is 0.0755 e. The third kappa shape index (κ3) is 5.07. The Labute approximate surface area is 367 Å². The van der Waals surface area contributed by atoms with Gasteiger partial charge in [-0.1, -0.05) is 206 Å². The SMILES string of the molecule is c1ccc(-c2ccccc2-c2ccccc2N(c2ccc3c(c2)C2(c4ccccc4-c4ccccc42)c2cccc4c5ccccc5n-3c24)c2ccccc2-c2ccccc2)cc1. The van der Waals surface area contributed by atoms with Crippen molar-refractivity contribution in [2.45, 2.75) is 5.41 Å². The molecule has 0 fully saturated rings. The first kappa shape index (κ1) is 35.5. The highest BCUT2D eigenvalue weighted by atomic mass is 15.1. The monoisotopic (exact) mass is 800 g/mol. The van der Waals surface area contributed by atoms with Crippen molar-refractivity contribution >= 4 is 38.9 Å². The number of hydrogen-bond acceptors (Lipinski definition) is 1. The summed E-state index contributed by atoms with van der Waals surface area (Å²) >= 11 is 0. The summed E-state index contributed by atoms with van der Waals surface area (Å²) in [4.78, 5) is 2.52. The molecule has 10 aromatic carbocycles. The maximum absolute atomic E-state index is 2.54. The van der Waals surface area contributed by atoms with Gasteiger partial charge in [0.15, 0.2) is 0 Å². The van der Waals surface area contributed by atoms with Crippen LogP contribution in [0.2, 0.25) is 0 Å². The molecule has 0 bridgehead atoms. The quantitative estimate of drug-likeness (QED) is 0.163. The van der Waals surface area contributed by atoms with Crippen LogP contribution in [0.1, 0.15) is 22.3 Å². The maximum atomic E-state index is 2.54. The Balaban J connectivity index is 1.16. The second-order valence-electron chi connectivity index (χ2n) is 16.7. The second-order valence-corrected chi connectivity index (χ2v) is 16.7. The topological polar surface area (TPSA) is 8.17 Å². The van der Waals surface area contributed by atoms with E-state index in [0.29, 0.717) is 0 Å². The Hall–Kier alpha value is -8.20. The molecular weight excluding hydrogens is 761 g/mol. The molecule has 0 N–H and O–H groups in total. The van der Waals surface area contributed by atoms with Crippen molar-refractivity contribution in [1.82, 2.24) is 4.57 Å². The first-order valence-electron chi connectivity index (χ1n) is 21.9. The Morgan fingerprint density at radius 2 is 0.810 bits per heavy atom. The van der Waals surface area contributed by atoms with Crippen molar-refractivity contribution in [1.29, 1.82) is 0 Å². The molecule has 0 radical (unpaired) electrons. The van der Waals surface area contributed by atoms with Gasteiger partial charge in [0.2, 0.25) is 0 Å². The minimum absolute atomic E-state index is 0.577. The van der Waals surface area contributed by atoms with E-state index >= 15 is 0 Å². The molecule has 1 spiro atoms. The van der Waals surface area contributed by atoms with Gasteiger partial charge in [0.1, 0.15) is 0 Å². The largest absolute Gasteiger partial charge is 0.309 e. The van der Waals surface area contributed by atoms with Gasteiger partial charge in [-0.05, 0) is 92.0 Å². The van der Waals surface area contributed by atoms with E-state index in [2.05, 4.69) is 252 Å². The molecule has 2 aliphatic rings. The van der Waals surface area contributed by atoms with Crippen LogP contribution in [0, 0.1) is 0 Å². The van der Waals surface area contributed by atoms with Gasteiger partial charge in [-0.2, -0.15) is 0 Å². The molecule has 0 saturated heterocycles. The fraction of sp³-hybridized carbons (Fsp3) is 0.0164. The van der Waals surface area contributed by atoms with Crippen molar-refractivity contribution in [2.75, 3.05) is 4.90 Å². The summed E-state index contributed by atoms with van der Waals surface area (Å²) in [7, 11) is 0. The first-order valence-corrected chi connectivity index (χ1v) is 21.9. The average Bonchev–Trinajstić information content (AvgIpc) is 3.86. The predicted octanol–water partition coefficient (Wildman–Crippen LogP) is 15.9. The number of fused-ring (bicyclic) bond motifs is 12. The van der Waals surface area contributed by atoms with E-state index < -0.39 is 5.41 Å². The van der Waals surface area contributed by atoms with Crippen LogP contribution in [0.5, 0.6) is 0 Å². The summed E-state index contributed by atoms with van der Waals surface area (Å²) < 4.78 is 2.54. The smallest absolute Gasteiger partial charge is 0.0755 e. The fourth-order valence-electron chi connectivity index (χ4n) is 11.1. The van der Waals surface area contributed by atoms with Crippen molar-refractivity contribution in [3.8, 4) is 50.2 Å². The Kier molecular flexibility index (Phi) is 7.85. The van der Waals surface area contributed by atoms with Crippen molar-refractivity contribution < 1.29 is 0 Å². The van der Waals surface area contributed by atoms with Crippen molar-refractivity contribution in [3.63, 3.8) is 0 Å². The molecule has 63 heavy (non-hydrogen) atoms. The molecule has 1 aromatic heterocycles. The van der Waals surface area contributed by atoms with Crippen LogP contribution in [-0.2, 0) is 5.41 Å². The van der Waals surface area contributed by atoms with E-state index in [4.69, 9.17) is 0 Å². The van der Waals surface area contributed by atoms with E-state index in [1.54, 1.807) is 0 Å². The molecule has 2 nitrogen and oxygen atoms in total. The number of rotatable bonds is 6. The summed E-state index contributed by atoms with van der Waals surface area (Å²) in [5.41, 5.74) is 21.3. The van der Waals surface area contributed by atoms with Crippen LogP contribution < -0.4 is 4.90 Å². The zero-order chi connectivity index (χ0) is 41.5. The zero-order valence-electron chi connectivity index (χ0n) is 34.5. The van der Waals surface area contributed by atoms with Gasteiger partial charge in [0, 0.05) is 27.6 Å². The van der Waals surface area contributed by atoms with Crippen LogP contribution in [-0.4, -0.2) is 4.57 Å². The first-order chi connectivity index (χ1) is 31.3. The normalized spacial score (nSPS) is 12.9. The Morgan fingerprint density at radius 3 is 1.51 bits per heavy atom. The van der Waals surface area contributed by atoms with Crippen molar-refractivity contribution in [3.05, 3.63) is 265 Å². The minimum atomic E-state index is -0.577.